The van der Waals surface area contributed by atoms with Crippen molar-refractivity contribution < 1.29 is 19.0 Å². The minimum absolute atomic E-state index is 0.344. The standard InChI is InChI=1S/C15H23NO4/c1-5-12(15(17)19-6-2)20-13-8-7-11(10-16-3)9-14(13)18-4/h7-9,12,16H,5-6,10H2,1-4H3. The van der Waals surface area contributed by atoms with E-state index in [-0.39, 0.29) is 5.97 Å². The van der Waals surface area contributed by atoms with E-state index in [4.69, 9.17) is 14.2 Å². The van der Waals surface area contributed by atoms with Gasteiger partial charge in [-0.3, -0.25) is 0 Å². The Hall–Kier alpha value is -1.75. The van der Waals surface area contributed by atoms with Crippen LogP contribution in [0.15, 0.2) is 18.2 Å². The van der Waals surface area contributed by atoms with Gasteiger partial charge < -0.3 is 19.5 Å². The molecule has 0 aliphatic heterocycles. The molecule has 0 bridgehead atoms. The Morgan fingerprint density at radius 2 is 2.05 bits per heavy atom. The van der Waals surface area contributed by atoms with Crippen molar-refractivity contribution in [3.63, 3.8) is 0 Å². The molecule has 20 heavy (non-hydrogen) atoms. The Balaban J connectivity index is 2.86. The van der Waals surface area contributed by atoms with E-state index in [0.717, 1.165) is 12.1 Å². The summed E-state index contributed by atoms with van der Waals surface area (Å²) in [4.78, 5) is 11.7. The molecule has 0 amide bonds. The van der Waals surface area contributed by atoms with Crippen LogP contribution in [0, 0.1) is 0 Å². The fraction of sp³-hybridized carbons (Fsp3) is 0.533. The Bertz CT molecular complexity index is 434. The molecule has 112 valence electrons. The second kappa shape index (κ2) is 8.43. The van der Waals surface area contributed by atoms with Crippen molar-refractivity contribution in [1.29, 1.82) is 0 Å². The number of hydrogen-bond acceptors (Lipinski definition) is 5. The molecular formula is C15H23NO4. The monoisotopic (exact) mass is 281 g/mol. The minimum Gasteiger partial charge on any atom is -0.493 e. The normalized spacial score (nSPS) is 11.8. The van der Waals surface area contributed by atoms with E-state index >= 15 is 0 Å². The van der Waals surface area contributed by atoms with Crippen molar-refractivity contribution in [2.45, 2.75) is 32.9 Å². The molecule has 0 saturated heterocycles. The number of methoxy groups -OCH3 is 1. The predicted octanol–water partition coefficient (Wildman–Crippen LogP) is 2.14. The largest absolute Gasteiger partial charge is 0.493 e. The summed E-state index contributed by atoms with van der Waals surface area (Å²) in [5, 5.41) is 3.07. The molecule has 0 aromatic heterocycles. The number of carbonyl (C=O) groups excluding carboxylic acids is 1. The molecule has 0 heterocycles. The summed E-state index contributed by atoms with van der Waals surface area (Å²) >= 11 is 0. The fourth-order valence-corrected chi connectivity index (χ4v) is 1.81. The maximum atomic E-state index is 11.7. The van der Waals surface area contributed by atoms with Crippen LogP contribution in [0.3, 0.4) is 0 Å². The van der Waals surface area contributed by atoms with Crippen molar-refractivity contribution in [2.75, 3.05) is 20.8 Å². The van der Waals surface area contributed by atoms with E-state index in [1.165, 1.54) is 0 Å². The predicted molar refractivity (Wildman–Crippen MR) is 77.1 cm³/mol. The van der Waals surface area contributed by atoms with Crippen LogP contribution in [-0.2, 0) is 16.1 Å². The van der Waals surface area contributed by atoms with E-state index in [2.05, 4.69) is 5.32 Å². The zero-order valence-corrected chi connectivity index (χ0v) is 12.6. The van der Waals surface area contributed by atoms with Crippen LogP contribution in [0.25, 0.3) is 0 Å². The number of benzene rings is 1. The number of nitrogens with one attached hydrogen (secondary N) is 1. The number of rotatable bonds is 8. The third kappa shape index (κ3) is 4.42. The molecule has 1 rings (SSSR count). The molecule has 1 aromatic carbocycles. The molecule has 0 aliphatic carbocycles. The molecule has 1 aromatic rings. The lowest BCUT2D eigenvalue weighted by Gasteiger charge is -2.18. The number of ether oxygens (including phenoxy) is 3. The zero-order chi connectivity index (χ0) is 15.0. The second-order valence-electron chi connectivity index (χ2n) is 4.28. The average Bonchev–Trinajstić information content (AvgIpc) is 2.46. The topological polar surface area (TPSA) is 56.8 Å². The first-order valence-electron chi connectivity index (χ1n) is 6.81. The first-order valence-corrected chi connectivity index (χ1v) is 6.81. The van der Waals surface area contributed by atoms with Gasteiger partial charge in [0.1, 0.15) is 0 Å². The molecule has 5 heteroatoms. The Morgan fingerprint density at radius 3 is 2.60 bits per heavy atom. The summed E-state index contributed by atoms with van der Waals surface area (Å²) in [7, 11) is 3.46. The molecule has 1 atom stereocenters. The Kier molecular flexibility index (Phi) is 6.87. The lowest BCUT2D eigenvalue weighted by molar-refractivity contribution is -0.151. The van der Waals surface area contributed by atoms with E-state index < -0.39 is 6.10 Å². The van der Waals surface area contributed by atoms with Crippen molar-refractivity contribution in [3.05, 3.63) is 23.8 Å². The van der Waals surface area contributed by atoms with Gasteiger partial charge in [-0.2, -0.15) is 0 Å². The maximum Gasteiger partial charge on any atom is 0.347 e. The Morgan fingerprint density at radius 1 is 1.30 bits per heavy atom. The fourth-order valence-electron chi connectivity index (χ4n) is 1.81. The molecular weight excluding hydrogens is 258 g/mol. The van der Waals surface area contributed by atoms with Crippen molar-refractivity contribution >= 4 is 5.97 Å². The highest BCUT2D eigenvalue weighted by molar-refractivity contribution is 5.75. The molecule has 0 fully saturated rings. The average molecular weight is 281 g/mol. The summed E-state index contributed by atoms with van der Waals surface area (Å²) in [6, 6.07) is 5.64. The maximum absolute atomic E-state index is 11.7. The number of esters is 1. The van der Waals surface area contributed by atoms with E-state index in [1.807, 2.05) is 32.2 Å². The molecule has 0 spiro atoms. The van der Waals surface area contributed by atoms with Crippen LogP contribution in [0.2, 0.25) is 0 Å². The van der Waals surface area contributed by atoms with Crippen LogP contribution in [-0.4, -0.2) is 32.8 Å². The summed E-state index contributed by atoms with van der Waals surface area (Å²) in [6.07, 6.45) is -0.0701. The third-order valence-electron chi connectivity index (χ3n) is 2.80. The van der Waals surface area contributed by atoms with Crippen molar-refractivity contribution in [1.82, 2.24) is 5.32 Å². The highest BCUT2D eigenvalue weighted by Crippen LogP contribution is 2.29. The van der Waals surface area contributed by atoms with Gasteiger partial charge in [-0.15, -0.1) is 0 Å². The van der Waals surface area contributed by atoms with Gasteiger partial charge in [-0.25, -0.2) is 4.79 Å². The smallest absolute Gasteiger partial charge is 0.347 e. The Labute approximate surface area is 120 Å². The SMILES string of the molecule is CCOC(=O)C(CC)Oc1ccc(CNC)cc1OC. The van der Waals surface area contributed by atoms with Gasteiger partial charge in [-0.05, 0) is 38.1 Å². The number of hydrogen-bond donors (Lipinski definition) is 1. The molecule has 0 saturated carbocycles. The summed E-state index contributed by atoms with van der Waals surface area (Å²) in [6.45, 7) is 4.74. The van der Waals surface area contributed by atoms with Gasteiger partial charge in [0.05, 0.1) is 13.7 Å². The van der Waals surface area contributed by atoms with Crippen LogP contribution >= 0.6 is 0 Å². The third-order valence-corrected chi connectivity index (χ3v) is 2.80. The van der Waals surface area contributed by atoms with Gasteiger partial charge in [0.25, 0.3) is 0 Å². The molecule has 0 aliphatic rings. The van der Waals surface area contributed by atoms with Gasteiger partial charge in [0, 0.05) is 6.54 Å². The highest BCUT2D eigenvalue weighted by Gasteiger charge is 2.21. The minimum atomic E-state index is -0.612. The van der Waals surface area contributed by atoms with Crippen molar-refractivity contribution in [3.8, 4) is 11.5 Å². The van der Waals surface area contributed by atoms with Crippen LogP contribution in [0.4, 0.5) is 0 Å². The first kappa shape index (κ1) is 16.3. The van der Waals surface area contributed by atoms with Gasteiger partial charge >= 0.3 is 5.97 Å². The second-order valence-corrected chi connectivity index (χ2v) is 4.28. The quantitative estimate of drug-likeness (QED) is 0.740. The molecule has 1 N–H and O–H groups in total. The molecule has 1 unspecified atom stereocenters. The lowest BCUT2D eigenvalue weighted by Crippen LogP contribution is -2.28. The first-order chi connectivity index (χ1) is 9.65. The van der Waals surface area contributed by atoms with Gasteiger partial charge in [-0.1, -0.05) is 13.0 Å². The lowest BCUT2D eigenvalue weighted by atomic mass is 10.2. The van der Waals surface area contributed by atoms with Gasteiger partial charge in [0.15, 0.2) is 17.6 Å². The van der Waals surface area contributed by atoms with Crippen LogP contribution in [0.5, 0.6) is 11.5 Å². The van der Waals surface area contributed by atoms with Crippen molar-refractivity contribution in [2.24, 2.45) is 0 Å². The van der Waals surface area contributed by atoms with Crippen LogP contribution < -0.4 is 14.8 Å². The number of carbonyl (C=O) groups is 1. The van der Waals surface area contributed by atoms with E-state index in [0.29, 0.717) is 24.5 Å². The summed E-state index contributed by atoms with van der Waals surface area (Å²) in [5.74, 6) is 0.809. The van der Waals surface area contributed by atoms with Gasteiger partial charge in [0.2, 0.25) is 0 Å². The van der Waals surface area contributed by atoms with E-state index in [1.54, 1.807) is 14.0 Å². The summed E-state index contributed by atoms with van der Waals surface area (Å²) < 4.78 is 16.0. The molecule has 0 radical (unpaired) electrons. The summed E-state index contributed by atoms with van der Waals surface area (Å²) in [5.41, 5.74) is 1.08. The zero-order valence-electron chi connectivity index (χ0n) is 12.6. The van der Waals surface area contributed by atoms with E-state index in [9.17, 15) is 4.79 Å². The highest BCUT2D eigenvalue weighted by atomic mass is 16.6. The molecule has 5 nitrogen and oxygen atoms in total. The van der Waals surface area contributed by atoms with Crippen LogP contribution in [0.1, 0.15) is 25.8 Å².